The lowest BCUT2D eigenvalue weighted by molar-refractivity contribution is -0.274. The molecular weight excluding hydrogens is 275 g/mol. The monoisotopic (exact) mass is 291 g/mol. The Morgan fingerprint density at radius 3 is 1.90 bits per heavy atom. The Bertz CT molecular complexity index is 463. The van der Waals surface area contributed by atoms with Crippen molar-refractivity contribution in [1.82, 2.24) is 4.90 Å². The summed E-state index contributed by atoms with van der Waals surface area (Å²) in [6.45, 7) is 5.48. The summed E-state index contributed by atoms with van der Waals surface area (Å²) < 4.78 is 44.7. The SMILES string of the molecule is CN(C(=O)Oc1ccc(OC(F)(F)F)cc1)C(C)(C)C. The molecule has 0 fully saturated rings. The van der Waals surface area contributed by atoms with Gasteiger partial charge in [-0.15, -0.1) is 13.2 Å². The number of carbonyl (C=O) groups is 1. The van der Waals surface area contributed by atoms with Crippen LogP contribution in [0, 0.1) is 0 Å². The Hall–Kier alpha value is -1.92. The molecule has 7 heteroatoms. The van der Waals surface area contributed by atoms with Gasteiger partial charge in [-0.3, -0.25) is 0 Å². The molecule has 0 spiro atoms. The van der Waals surface area contributed by atoms with E-state index < -0.39 is 18.0 Å². The summed E-state index contributed by atoms with van der Waals surface area (Å²) in [6, 6.07) is 4.62. The molecular formula is C13H16F3NO3. The van der Waals surface area contributed by atoms with Crippen molar-refractivity contribution < 1.29 is 27.4 Å². The molecule has 0 aliphatic rings. The van der Waals surface area contributed by atoms with Crippen LogP contribution in [0.1, 0.15) is 20.8 Å². The van der Waals surface area contributed by atoms with Crippen molar-refractivity contribution in [2.45, 2.75) is 32.7 Å². The molecule has 0 aliphatic heterocycles. The molecule has 0 N–H and O–H groups in total. The fraction of sp³-hybridized carbons (Fsp3) is 0.462. The Balaban J connectivity index is 2.69. The number of benzene rings is 1. The molecule has 0 saturated heterocycles. The van der Waals surface area contributed by atoms with Crippen LogP contribution >= 0.6 is 0 Å². The Kier molecular flexibility index (Phi) is 4.52. The minimum atomic E-state index is -4.75. The van der Waals surface area contributed by atoms with Gasteiger partial charge < -0.3 is 14.4 Å². The highest BCUT2D eigenvalue weighted by molar-refractivity contribution is 5.71. The standard InChI is InChI=1S/C13H16F3NO3/c1-12(2,3)17(4)11(18)19-9-5-7-10(8-6-9)20-13(14,15)16/h5-8H,1-4H3. The number of halogens is 3. The quantitative estimate of drug-likeness (QED) is 0.831. The fourth-order valence-electron chi connectivity index (χ4n) is 1.15. The van der Waals surface area contributed by atoms with E-state index in [0.29, 0.717) is 0 Å². The van der Waals surface area contributed by atoms with Crippen LogP contribution in [0.4, 0.5) is 18.0 Å². The van der Waals surface area contributed by atoms with Crippen LogP contribution in [-0.4, -0.2) is 29.9 Å². The lowest BCUT2D eigenvalue weighted by Gasteiger charge is -2.30. The smallest absolute Gasteiger partial charge is 0.410 e. The van der Waals surface area contributed by atoms with E-state index in [0.717, 1.165) is 12.1 Å². The molecule has 0 aromatic heterocycles. The Labute approximate surface area is 115 Å². The topological polar surface area (TPSA) is 38.8 Å². The first-order chi connectivity index (χ1) is 8.99. The molecule has 0 heterocycles. The summed E-state index contributed by atoms with van der Waals surface area (Å²) in [4.78, 5) is 13.1. The van der Waals surface area contributed by atoms with Gasteiger partial charge in [0.2, 0.25) is 0 Å². The van der Waals surface area contributed by atoms with Crippen LogP contribution in [0.25, 0.3) is 0 Å². The molecule has 0 unspecified atom stereocenters. The zero-order valence-corrected chi connectivity index (χ0v) is 11.6. The van der Waals surface area contributed by atoms with E-state index in [1.807, 2.05) is 20.8 Å². The van der Waals surface area contributed by atoms with Crippen molar-refractivity contribution in [2.24, 2.45) is 0 Å². The second-order valence-corrected chi connectivity index (χ2v) is 5.12. The zero-order chi connectivity index (χ0) is 15.6. The molecule has 1 aromatic rings. The van der Waals surface area contributed by atoms with Gasteiger partial charge in [-0.05, 0) is 45.0 Å². The van der Waals surface area contributed by atoms with Crippen LogP contribution in [0.5, 0.6) is 11.5 Å². The van der Waals surface area contributed by atoms with Crippen molar-refractivity contribution >= 4 is 6.09 Å². The van der Waals surface area contributed by atoms with E-state index in [9.17, 15) is 18.0 Å². The van der Waals surface area contributed by atoms with Crippen LogP contribution < -0.4 is 9.47 Å². The van der Waals surface area contributed by atoms with Gasteiger partial charge >= 0.3 is 12.5 Å². The van der Waals surface area contributed by atoms with Gasteiger partial charge in [0.15, 0.2) is 0 Å². The highest BCUT2D eigenvalue weighted by atomic mass is 19.4. The molecule has 0 radical (unpaired) electrons. The maximum atomic E-state index is 12.0. The van der Waals surface area contributed by atoms with E-state index in [4.69, 9.17) is 4.74 Å². The average Bonchev–Trinajstić information content (AvgIpc) is 2.27. The van der Waals surface area contributed by atoms with Crippen LogP contribution in [0.15, 0.2) is 24.3 Å². The third kappa shape index (κ3) is 4.99. The lowest BCUT2D eigenvalue weighted by Crippen LogP contribution is -2.44. The number of carbonyl (C=O) groups excluding carboxylic acids is 1. The molecule has 0 bridgehead atoms. The number of nitrogens with zero attached hydrogens (tertiary/aromatic N) is 1. The summed E-state index contributed by atoms with van der Waals surface area (Å²) in [7, 11) is 1.57. The van der Waals surface area contributed by atoms with E-state index in [2.05, 4.69) is 4.74 Å². The average molecular weight is 291 g/mol. The van der Waals surface area contributed by atoms with Crippen molar-refractivity contribution in [3.05, 3.63) is 24.3 Å². The number of amides is 1. The first-order valence-electron chi connectivity index (χ1n) is 5.80. The maximum Gasteiger partial charge on any atom is 0.573 e. The van der Waals surface area contributed by atoms with Gasteiger partial charge in [0, 0.05) is 12.6 Å². The number of hydrogen-bond donors (Lipinski definition) is 0. The number of hydrogen-bond acceptors (Lipinski definition) is 3. The molecule has 0 atom stereocenters. The predicted molar refractivity (Wildman–Crippen MR) is 66.7 cm³/mol. The van der Waals surface area contributed by atoms with Crippen LogP contribution in [-0.2, 0) is 0 Å². The highest BCUT2D eigenvalue weighted by Gasteiger charge is 2.31. The maximum absolute atomic E-state index is 12.0. The summed E-state index contributed by atoms with van der Waals surface area (Å²) in [5, 5.41) is 0. The first-order valence-corrected chi connectivity index (χ1v) is 5.80. The summed E-state index contributed by atoms with van der Waals surface area (Å²) in [5.41, 5.74) is -0.420. The van der Waals surface area contributed by atoms with Crippen molar-refractivity contribution in [3.63, 3.8) is 0 Å². The van der Waals surface area contributed by atoms with Crippen LogP contribution in [0.2, 0.25) is 0 Å². The highest BCUT2D eigenvalue weighted by Crippen LogP contribution is 2.25. The van der Waals surface area contributed by atoms with Gasteiger partial charge in [-0.2, -0.15) is 0 Å². The molecule has 1 aromatic carbocycles. The largest absolute Gasteiger partial charge is 0.573 e. The summed E-state index contributed by atoms with van der Waals surface area (Å²) in [5.74, 6) is -0.234. The van der Waals surface area contributed by atoms with E-state index in [1.54, 1.807) is 7.05 Å². The molecule has 20 heavy (non-hydrogen) atoms. The van der Waals surface area contributed by atoms with Crippen LogP contribution in [0.3, 0.4) is 0 Å². The fourth-order valence-corrected chi connectivity index (χ4v) is 1.15. The van der Waals surface area contributed by atoms with E-state index >= 15 is 0 Å². The molecule has 1 amide bonds. The molecule has 112 valence electrons. The summed E-state index contributed by atoms with van der Waals surface area (Å²) in [6.07, 6.45) is -5.34. The minimum absolute atomic E-state index is 0.139. The van der Waals surface area contributed by atoms with Crippen molar-refractivity contribution in [1.29, 1.82) is 0 Å². The normalized spacial score (nSPS) is 11.9. The Morgan fingerprint density at radius 2 is 1.50 bits per heavy atom. The van der Waals surface area contributed by atoms with E-state index in [-0.39, 0.29) is 11.5 Å². The van der Waals surface area contributed by atoms with Gasteiger partial charge in [0.1, 0.15) is 11.5 Å². The van der Waals surface area contributed by atoms with E-state index in [1.165, 1.54) is 17.0 Å². The molecule has 0 aliphatic carbocycles. The van der Waals surface area contributed by atoms with Crippen molar-refractivity contribution in [2.75, 3.05) is 7.05 Å². The second kappa shape index (κ2) is 5.60. The van der Waals surface area contributed by atoms with Gasteiger partial charge in [0.05, 0.1) is 0 Å². The predicted octanol–water partition coefficient (Wildman–Crippen LogP) is 3.81. The van der Waals surface area contributed by atoms with Gasteiger partial charge in [0.25, 0.3) is 0 Å². The number of ether oxygens (including phenoxy) is 2. The molecule has 1 rings (SSSR count). The third-order valence-electron chi connectivity index (χ3n) is 2.54. The minimum Gasteiger partial charge on any atom is -0.410 e. The first kappa shape index (κ1) is 16.1. The van der Waals surface area contributed by atoms with Crippen molar-refractivity contribution in [3.8, 4) is 11.5 Å². The number of alkyl halides is 3. The third-order valence-corrected chi connectivity index (χ3v) is 2.54. The Morgan fingerprint density at radius 1 is 1.05 bits per heavy atom. The zero-order valence-electron chi connectivity index (χ0n) is 11.6. The molecule has 0 saturated carbocycles. The molecule has 4 nitrogen and oxygen atoms in total. The van der Waals surface area contributed by atoms with Gasteiger partial charge in [-0.1, -0.05) is 0 Å². The van der Waals surface area contributed by atoms with Gasteiger partial charge in [-0.25, -0.2) is 4.79 Å². The lowest BCUT2D eigenvalue weighted by atomic mass is 10.1. The number of rotatable bonds is 2. The summed E-state index contributed by atoms with van der Waals surface area (Å²) >= 11 is 0. The second-order valence-electron chi connectivity index (χ2n) is 5.12.